The lowest BCUT2D eigenvalue weighted by molar-refractivity contribution is 0.102. The van der Waals surface area contributed by atoms with Crippen molar-refractivity contribution < 1.29 is 13.9 Å². The van der Waals surface area contributed by atoms with Crippen molar-refractivity contribution >= 4 is 28.2 Å². The number of nitrogens with one attached hydrogen (secondary N) is 3. The minimum Gasteiger partial charge on any atom is -0.467 e. The summed E-state index contributed by atoms with van der Waals surface area (Å²) in [6.07, 6.45) is 2.75. The maximum atomic E-state index is 13.4. The summed E-state index contributed by atoms with van der Waals surface area (Å²) in [6, 6.07) is 4.25. The second-order valence-corrected chi connectivity index (χ2v) is 6.16. The molecule has 9 nitrogen and oxygen atoms in total. The van der Waals surface area contributed by atoms with Crippen LogP contribution in [0.2, 0.25) is 0 Å². The Kier molecular flexibility index (Phi) is 5.50. The summed E-state index contributed by atoms with van der Waals surface area (Å²) in [4.78, 5) is 34.4. The van der Waals surface area contributed by atoms with E-state index in [4.69, 9.17) is 10.5 Å². The van der Waals surface area contributed by atoms with Gasteiger partial charge in [0, 0.05) is 42.1 Å². The van der Waals surface area contributed by atoms with E-state index in [1.165, 1.54) is 13.3 Å². The quantitative estimate of drug-likeness (QED) is 0.504. The number of pyridine rings is 1. The van der Waals surface area contributed by atoms with E-state index >= 15 is 0 Å². The van der Waals surface area contributed by atoms with Gasteiger partial charge in [-0.1, -0.05) is 0 Å². The van der Waals surface area contributed by atoms with E-state index < -0.39 is 17.3 Å². The molecule has 0 bridgehead atoms. The van der Waals surface area contributed by atoms with Crippen LogP contribution in [0, 0.1) is 5.82 Å². The number of benzene rings is 1. The zero-order chi connectivity index (χ0) is 20.3. The van der Waals surface area contributed by atoms with Crippen molar-refractivity contribution in [2.45, 2.75) is 13.0 Å². The first-order chi connectivity index (χ1) is 13.4. The number of carbonyl (C=O) groups excluding carboxylic acids is 1. The molecule has 0 saturated carbocycles. The molecule has 0 unspecified atom stereocenters. The zero-order valence-electron chi connectivity index (χ0n) is 15.2. The number of H-pyrrole nitrogens is 1. The molecule has 10 heteroatoms. The number of rotatable bonds is 6. The summed E-state index contributed by atoms with van der Waals surface area (Å²) >= 11 is 0. The predicted molar refractivity (Wildman–Crippen MR) is 103 cm³/mol. The van der Waals surface area contributed by atoms with Crippen molar-refractivity contribution in [3.05, 3.63) is 52.3 Å². The molecular formula is C18H19FN6O3. The number of hydrogen-bond donors (Lipinski definition) is 4. The lowest BCUT2D eigenvalue weighted by atomic mass is 10.1. The molecule has 1 amide bonds. The monoisotopic (exact) mass is 386 g/mol. The van der Waals surface area contributed by atoms with E-state index in [1.54, 1.807) is 18.3 Å². The highest BCUT2D eigenvalue weighted by molar-refractivity contribution is 6.13. The topological polar surface area (TPSA) is 135 Å². The van der Waals surface area contributed by atoms with Gasteiger partial charge in [-0.15, -0.1) is 0 Å². The van der Waals surface area contributed by atoms with Crippen LogP contribution in [0.15, 0.2) is 35.4 Å². The first kappa shape index (κ1) is 19.2. The third-order valence-electron chi connectivity index (χ3n) is 3.89. The SMILES string of the molecule is COc1ncc2c(NC[C@H](C)N)ccc(C(=O)Nc3c[nH]c(=O)c(F)c3)c2n1. The van der Waals surface area contributed by atoms with E-state index in [-0.39, 0.29) is 23.3 Å². The number of nitrogens with two attached hydrogens (primary N) is 1. The third kappa shape index (κ3) is 4.07. The van der Waals surface area contributed by atoms with E-state index in [9.17, 15) is 14.0 Å². The minimum absolute atomic E-state index is 0.0766. The van der Waals surface area contributed by atoms with Crippen LogP contribution < -0.4 is 26.7 Å². The van der Waals surface area contributed by atoms with Crippen LogP contribution >= 0.6 is 0 Å². The molecule has 2 heterocycles. The van der Waals surface area contributed by atoms with Crippen LogP contribution in [0.25, 0.3) is 10.9 Å². The molecule has 0 spiro atoms. The Morgan fingerprint density at radius 3 is 2.89 bits per heavy atom. The highest BCUT2D eigenvalue weighted by Gasteiger charge is 2.16. The average Bonchev–Trinajstić information content (AvgIpc) is 2.68. The van der Waals surface area contributed by atoms with Crippen LogP contribution in [0.1, 0.15) is 17.3 Å². The Bertz CT molecular complexity index is 1080. The van der Waals surface area contributed by atoms with E-state index in [2.05, 4.69) is 25.6 Å². The third-order valence-corrected chi connectivity index (χ3v) is 3.89. The van der Waals surface area contributed by atoms with Gasteiger partial charge < -0.3 is 26.1 Å². The summed E-state index contributed by atoms with van der Waals surface area (Å²) < 4.78 is 18.5. The highest BCUT2D eigenvalue weighted by atomic mass is 19.1. The van der Waals surface area contributed by atoms with E-state index in [0.717, 1.165) is 6.07 Å². The molecular weight excluding hydrogens is 367 g/mol. The molecule has 2 aromatic heterocycles. The number of nitrogens with zero attached hydrogens (tertiary/aromatic N) is 2. The fourth-order valence-electron chi connectivity index (χ4n) is 2.54. The number of fused-ring (bicyclic) bond motifs is 1. The van der Waals surface area contributed by atoms with Crippen molar-refractivity contribution in [3.8, 4) is 6.01 Å². The number of carbonyl (C=O) groups is 1. The molecule has 1 aromatic carbocycles. The largest absolute Gasteiger partial charge is 0.467 e. The molecule has 146 valence electrons. The molecule has 0 radical (unpaired) electrons. The van der Waals surface area contributed by atoms with Crippen LogP contribution in [-0.4, -0.2) is 40.6 Å². The average molecular weight is 386 g/mol. The number of aromatic nitrogens is 3. The number of aromatic amines is 1. The summed E-state index contributed by atoms with van der Waals surface area (Å²) in [6.45, 7) is 2.38. The Hall–Kier alpha value is -3.53. The number of anilines is 2. The number of halogens is 1. The van der Waals surface area contributed by atoms with Gasteiger partial charge in [-0.05, 0) is 19.1 Å². The highest BCUT2D eigenvalue weighted by Crippen LogP contribution is 2.27. The molecule has 3 rings (SSSR count). The van der Waals surface area contributed by atoms with Gasteiger partial charge in [0.15, 0.2) is 5.82 Å². The Morgan fingerprint density at radius 2 is 2.21 bits per heavy atom. The lowest BCUT2D eigenvalue weighted by Gasteiger charge is -2.14. The molecule has 0 aliphatic heterocycles. The first-order valence-electron chi connectivity index (χ1n) is 8.42. The van der Waals surface area contributed by atoms with Crippen LogP contribution in [0.3, 0.4) is 0 Å². The molecule has 3 aromatic rings. The second kappa shape index (κ2) is 8.01. The standard InChI is InChI=1S/C18H19FN6O3/c1-9(20)6-21-14-4-3-11(15-12(14)8-23-18(25-15)28-2)16(26)24-10-5-13(19)17(27)22-7-10/h3-5,7-9,21H,6,20H2,1-2H3,(H,22,27)(H,24,26)/t9-/m0/s1. The van der Waals surface area contributed by atoms with Gasteiger partial charge in [-0.2, -0.15) is 4.98 Å². The predicted octanol–water partition coefficient (Wildman–Crippen LogP) is 1.48. The molecule has 5 N–H and O–H groups in total. The van der Waals surface area contributed by atoms with Gasteiger partial charge in [0.05, 0.1) is 23.9 Å². The van der Waals surface area contributed by atoms with Crippen molar-refractivity contribution in [3.63, 3.8) is 0 Å². The zero-order valence-corrected chi connectivity index (χ0v) is 15.2. The summed E-state index contributed by atoms with van der Waals surface area (Å²) in [5.74, 6) is -1.53. The molecule has 0 aliphatic carbocycles. The van der Waals surface area contributed by atoms with Crippen molar-refractivity contribution in [2.24, 2.45) is 5.73 Å². The molecule has 0 saturated heterocycles. The summed E-state index contributed by atoms with van der Waals surface area (Å²) in [5.41, 5.74) is 6.31. The Morgan fingerprint density at radius 1 is 1.43 bits per heavy atom. The van der Waals surface area contributed by atoms with E-state index in [0.29, 0.717) is 23.1 Å². The number of amides is 1. The van der Waals surface area contributed by atoms with Crippen molar-refractivity contribution in [1.29, 1.82) is 0 Å². The van der Waals surface area contributed by atoms with Crippen molar-refractivity contribution in [2.75, 3.05) is 24.3 Å². The van der Waals surface area contributed by atoms with Crippen LogP contribution in [0.4, 0.5) is 15.8 Å². The second-order valence-electron chi connectivity index (χ2n) is 6.16. The van der Waals surface area contributed by atoms with Gasteiger partial charge >= 0.3 is 6.01 Å². The van der Waals surface area contributed by atoms with Gasteiger partial charge in [0.25, 0.3) is 11.5 Å². The van der Waals surface area contributed by atoms with E-state index in [1.807, 2.05) is 6.92 Å². The fourth-order valence-corrected chi connectivity index (χ4v) is 2.54. The first-order valence-corrected chi connectivity index (χ1v) is 8.42. The maximum Gasteiger partial charge on any atom is 0.316 e. The van der Waals surface area contributed by atoms with Gasteiger partial charge in [0.1, 0.15) is 0 Å². The fraction of sp³-hybridized carbons (Fsp3) is 0.222. The van der Waals surface area contributed by atoms with Gasteiger partial charge in [-0.3, -0.25) is 9.59 Å². The molecule has 0 aliphatic rings. The van der Waals surface area contributed by atoms with Gasteiger partial charge in [0.2, 0.25) is 0 Å². The maximum absolute atomic E-state index is 13.4. The summed E-state index contributed by atoms with van der Waals surface area (Å²) in [5, 5.41) is 6.32. The summed E-state index contributed by atoms with van der Waals surface area (Å²) in [7, 11) is 1.42. The lowest BCUT2D eigenvalue weighted by Crippen LogP contribution is -2.25. The molecule has 28 heavy (non-hydrogen) atoms. The Balaban J connectivity index is 2.01. The van der Waals surface area contributed by atoms with Crippen LogP contribution in [0.5, 0.6) is 6.01 Å². The number of methoxy groups -OCH3 is 1. The van der Waals surface area contributed by atoms with Crippen molar-refractivity contribution in [1.82, 2.24) is 15.0 Å². The Labute approximate surface area is 159 Å². The van der Waals surface area contributed by atoms with Crippen LogP contribution in [-0.2, 0) is 0 Å². The normalized spacial score (nSPS) is 11.9. The van der Waals surface area contributed by atoms with Gasteiger partial charge in [-0.25, -0.2) is 9.37 Å². The smallest absolute Gasteiger partial charge is 0.316 e. The molecule has 0 fully saturated rings. The minimum atomic E-state index is -0.998. The number of ether oxygens (including phenoxy) is 1. The number of hydrogen-bond acceptors (Lipinski definition) is 7. The molecule has 1 atom stereocenters.